The number of para-hydroxylation sites is 2. The number of anilines is 2. The van der Waals surface area contributed by atoms with E-state index in [9.17, 15) is 14.4 Å². The van der Waals surface area contributed by atoms with E-state index < -0.39 is 11.8 Å². The molecule has 7 nitrogen and oxygen atoms in total. The van der Waals surface area contributed by atoms with Crippen LogP contribution in [-0.2, 0) is 14.4 Å². The first kappa shape index (κ1) is 22.1. The summed E-state index contributed by atoms with van der Waals surface area (Å²) in [7, 11) is 0. The summed E-state index contributed by atoms with van der Waals surface area (Å²) in [4.78, 5) is 37.2. The summed E-state index contributed by atoms with van der Waals surface area (Å²) in [6.45, 7) is 1.68. The SMILES string of the molecule is Cc1ccccc1NC(=O)COc1ccc(C=C2C(=O)NN(c3ccccc3)C2=O)cc1Cl. The third-order valence-corrected chi connectivity index (χ3v) is 5.25. The lowest BCUT2D eigenvalue weighted by Crippen LogP contribution is -2.35. The number of hydrazine groups is 1. The number of carbonyl (C=O) groups is 3. The van der Waals surface area contributed by atoms with Crippen LogP contribution in [0.25, 0.3) is 6.08 Å². The van der Waals surface area contributed by atoms with E-state index in [1.807, 2.05) is 37.3 Å². The fourth-order valence-electron chi connectivity index (χ4n) is 3.25. The molecule has 1 saturated heterocycles. The van der Waals surface area contributed by atoms with Crippen molar-refractivity contribution in [1.82, 2.24) is 5.43 Å². The van der Waals surface area contributed by atoms with Gasteiger partial charge in [0, 0.05) is 5.69 Å². The van der Waals surface area contributed by atoms with Gasteiger partial charge >= 0.3 is 0 Å². The van der Waals surface area contributed by atoms with Crippen LogP contribution in [0.15, 0.2) is 78.4 Å². The Balaban J connectivity index is 1.43. The van der Waals surface area contributed by atoms with Gasteiger partial charge in [0.1, 0.15) is 11.3 Å². The molecule has 0 spiro atoms. The zero-order valence-electron chi connectivity index (χ0n) is 17.7. The lowest BCUT2D eigenvalue weighted by Gasteiger charge is -2.13. The van der Waals surface area contributed by atoms with Crippen molar-refractivity contribution in [2.45, 2.75) is 6.92 Å². The van der Waals surface area contributed by atoms with Crippen LogP contribution in [0.4, 0.5) is 11.4 Å². The van der Waals surface area contributed by atoms with Gasteiger partial charge < -0.3 is 10.1 Å². The fourth-order valence-corrected chi connectivity index (χ4v) is 3.49. The van der Waals surface area contributed by atoms with E-state index in [1.165, 1.54) is 11.1 Å². The van der Waals surface area contributed by atoms with Gasteiger partial charge in [0.15, 0.2) is 6.61 Å². The van der Waals surface area contributed by atoms with E-state index in [0.29, 0.717) is 22.7 Å². The lowest BCUT2D eigenvalue weighted by molar-refractivity contribution is -0.118. The highest BCUT2D eigenvalue weighted by Crippen LogP contribution is 2.28. The highest BCUT2D eigenvalue weighted by Gasteiger charge is 2.34. The van der Waals surface area contributed by atoms with E-state index in [-0.39, 0.29) is 23.1 Å². The summed E-state index contributed by atoms with van der Waals surface area (Å²) in [5.41, 5.74) is 5.29. The second kappa shape index (κ2) is 9.58. The second-order valence-electron chi connectivity index (χ2n) is 7.32. The maximum absolute atomic E-state index is 12.7. The number of rotatable bonds is 6. The van der Waals surface area contributed by atoms with Crippen LogP contribution in [0.1, 0.15) is 11.1 Å². The van der Waals surface area contributed by atoms with E-state index in [4.69, 9.17) is 16.3 Å². The zero-order valence-corrected chi connectivity index (χ0v) is 18.4. The molecule has 3 aromatic rings. The molecule has 1 aliphatic heterocycles. The summed E-state index contributed by atoms with van der Waals surface area (Å²) in [6.07, 6.45) is 1.46. The number of benzene rings is 3. The van der Waals surface area contributed by atoms with Crippen molar-refractivity contribution < 1.29 is 19.1 Å². The topological polar surface area (TPSA) is 87.7 Å². The van der Waals surface area contributed by atoms with E-state index in [2.05, 4.69) is 10.7 Å². The van der Waals surface area contributed by atoms with Gasteiger partial charge in [-0.05, 0) is 54.5 Å². The summed E-state index contributed by atoms with van der Waals surface area (Å²) in [5, 5.41) is 4.23. The molecule has 0 aromatic heterocycles. The van der Waals surface area contributed by atoms with Crippen molar-refractivity contribution in [3.05, 3.63) is 94.5 Å². The Hall–Kier alpha value is -4.10. The van der Waals surface area contributed by atoms with Crippen LogP contribution >= 0.6 is 11.6 Å². The summed E-state index contributed by atoms with van der Waals surface area (Å²) < 4.78 is 5.53. The van der Waals surface area contributed by atoms with Crippen molar-refractivity contribution in [2.75, 3.05) is 16.9 Å². The van der Waals surface area contributed by atoms with Gasteiger partial charge in [-0.2, -0.15) is 0 Å². The highest BCUT2D eigenvalue weighted by atomic mass is 35.5. The molecule has 1 heterocycles. The van der Waals surface area contributed by atoms with E-state index in [1.54, 1.807) is 42.5 Å². The Labute approximate surface area is 195 Å². The first-order valence-corrected chi connectivity index (χ1v) is 10.5. The predicted molar refractivity (Wildman–Crippen MR) is 127 cm³/mol. The van der Waals surface area contributed by atoms with Crippen LogP contribution < -0.4 is 20.5 Å². The molecule has 33 heavy (non-hydrogen) atoms. The van der Waals surface area contributed by atoms with Gasteiger partial charge in [0.25, 0.3) is 17.7 Å². The second-order valence-corrected chi connectivity index (χ2v) is 7.72. The third kappa shape index (κ3) is 5.05. The smallest absolute Gasteiger partial charge is 0.282 e. The van der Waals surface area contributed by atoms with Crippen LogP contribution in [-0.4, -0.2) is 24.3 Å². The molecular formula is C25H20ClN3O4. The average molecular weight is 462 g/mol. The molecule has 2 N–H and O–H groups in total. The molecule has 166 valence electrons. The van der Waals surface area contributed by atoms with Crippen molar-refractivity contribution >= 4 is 46.8 Å². The van der Waals surface area contributed by atoms with E-state index in [0.717, 1.165) is 5.56 Å². The Kier molecular flexibility index (Phi) is 6.42. The zero-order chi connectivity index (χ0) is 23.4. The quantitative estimate of drug-likeness (QED) is 0.427. The summed E-state index contributed by atoms with van der Waals surface area (Å²) in [5.74, 6) is -0.976. The number of carbonyl (C=O) groups excluding carboxylic acids is 3. The Morgan fingerprint density at radius 1 is 1.06 bits per heavy atom. The molecule has 0 unspecified atom stereocenters. The lowest BCUT2D eigenvalue weighted by atomic mass is 10.1. The number of nitrogens with one attached hydrogen (secondary N) is 2. The normalized spacial score (nSPS) is 14.4. The first-order valence-electron chi connectivity index (χ1n) is 10.1. The maximum atomic E-state index is 12.7. The van der Waals surface area contributed by atoms with Gasteiger partial charge in [0.05, 0.1) is 10.7 Å². The van der Waals surface area contributed by atoms with Crippen molar-refractivity contribution in [2.24, 2.45) is 0 Å². The molecule has 0 atom stereocenters. The van der Waals surface area contributed by atoms with Gasteiger partial charge in [-0.3, -0.25) is 19.8 Å². The van der Waals surface area contributed by atoms with Gasteiger partial charge in [-0.1, -0.05) is 54.1 Å². The maximum Gasteiger partial charge on any atom is 0.282 e. The number of hydrogen-bond donors (Lipinski definition) is 2. The molecule has 3 amide bonds. The molecule has 3 aromatic carbocycles. The number of hydrogen-bond acceptors (Lipinski definition) is 4. The Morgan fingerprint density at radius 2 is 1.79 bits per heavy atom. The fraction of sp³-hybridized carbons (Fsp3) is 0.0800. The third-order valence-electron chi connectivity index (χ3n) is 4.95. The van der Waals surface area contributed by atoms with Crippen molar-refractivity contribution in [1.29, 1.82) is 0 Å². The molecule has 0 bridgehead atoms. The standard InChI is InChI=1S/C25H20ClN3O4/c1-16-7-5-6-10-21(16)27-23(30)15-33-22-12-11-17(14-20(22)26)13-19-24(31)28-29(25(19)32)18-8-3-2-4-9-18/h2-14H,15H2,1H3,(H,27,30)(H,28,31). The van der Waals surface area contributed by atoms with Crippen molar-refractivity contribution in [3.63, 3.8) is 0 Å². The minimum atomic E-state index is -0.506. The number of amides is 3. The highest BCUT2D eigenvalue weighted by molar-refractivity contribution is 6.33. The molecule has 4 rings (SSSR count). The molecule has 8 heteroatoms. The van der Waals surface area contributed by atoms with Crippen LogP contribution in [0.3, 0.4) is 0 Å². The van der Waals surface area contributed by atoms with Crippen molar-refractivity contribution in [3.8, 4) is 5.75 Å². The number of halogens is 1. The van der Waals surface area contributed by atoms with Crippen LogP contribution in [0, 0.1) is 6.92 Å². The molecule has 0 aliphatic carbocycles. The molecule has 0 radical (unpaired) electrons. The monoisotopic (exact) mass is 461 g/mol. The van der Waals surface area contributed by atoms with E-state index >= 15 is 0 Å². The molecule has 0 saturated carbocycles. The van der Waals surface area contributed by atoms with Crippen LogP contribution in [0.5, 0.6) is 5.75 Å². The Bertz CT molecular complexity index is 1260. The molecule has 1 fully saturated rings. The number of ether oxygens (including phenoxy) is 1. The largest absolute Gasteiger partial charge is 0.482 e. The average Bonchev–Trinajstić information content (AvgIpc) is 3.09. The summed E-state index contributed by atoms with van der Waals surface area (Å²) >= 11 is 6.30. The molecule has 1 aliphatic rings. The van der Waals surface area contributed by atoms with Gasteiger partial charge in [-0.25, -0.2) is 5.01 Å². The Morgan fingerprint density at radius 3 is 2.52 bits per heavy atom. The van der Waals surface area contributed by atoms with Crippen LogP contribution in [0.2, 0.25) is 5.02 Å². The first-order chi connectivity index (χ1) is 15.9. The molecular weight excluding hydrogens is 442 g/mol. The van der Waals surface area contributed by atoms with Gasteiger partial charge in [-0.15, -0.1) is 0 Å². The minimum Gasteiger partial charge on any atom is -0.482 e. The minimum absolute atomic E-state index is 0.0128. The summed E-state index contributed by atoms with van der Waals surface area (Å²) in [6, 6.07) is 21.0. The number of nitrogens with zero attached hydrogens (tertiary/aromatic N) is 1. The van der Waals surface area contributed by atoms with Gasteiger partial charge in [0.2, 0.25) is 0 Å². The number of aryl methyl sites for hydroxylation is 1. The predicted octanol–water partition coefficient (Wildman–Crippen LogP) is 4.13.